The third-order valence-corrected chi connectivity index (χ3v) is 3.51. The summed E-state index contributed by atoms with van der Waals surface area (Å²) in [5.74, 6) is 0.119. The maximum absolute atomic E-state index is 9.53. The van der Waals surface area contributed by atoms with Gasteiger partial charge >= 0.3 is 0 Å². The van der Waals surface area contributed by atoms with E-state index in [1.54, 1.807) is 12.1 Å². The predicted molar refractivity (Wildman–Crippen MR) is 81.2 cm³/mol. The molecule has 20 heavy (non-hydrogen) atoms. The van der Waals surface area contributed by atoms with Crippen molar-refractivity contribution in [3.63, 3.8) is 0 Å². The second-order valence-corrected chi connectivity index (χ2v) is 5.38. The Bertz CT molecular complexity index is 581. The number of benzene rings is 2. The monoisotopic (exact) mass is 291 g/mol. The van der Waals surface area contributed by atoms with Crippen LogP contribution in [0.1, 0.15) is 37.1 Å². The van der Waals surface area contributed by atoms with Crippen molar-refractivity contribution in [3.8, 4) is 11.5 Å². The highest BCUT2D eigenvalue weighted by molar-refractivity contribution is 6.30. The molecule has 0 aliphatic heterocycles. The van der Waals surface area contributed by atoms with Crippen LogP contribution in [0.25, 0.3) is 0 Å². The van der Waals surface area contributed by atoms with E-state index in [9.17, 15) is 10.2 Å². The second kappa shape index (κ2) is 6.16. The van der Waals surface area contributed by atoms with Crippen molar-refractivity contribution in [1.82, 2.24) is 5.32 Å². The highest BCUT2D eigenvalue weighted by Gasteiger charge is 2.12. The molecule has 0 saturated carbocycles. The molecule has 0 aliphatic rings. The van der Waals surface area contributed by atoms with Crippen LogP contribution in [0, 0.1) is 0 Å². The molecule has 0 radical (unpaired) electrons. The van der Waals surface area contributed by atoms with Crippen LogP contribution in [0.5, 0.6) is 11.5 Å². The molecule has 2 unspecified atom stereocenters. The Hall–Kier alpha value is -1.71. The number of rotatable bonds is 4. The Balaban J connectivity index is 2.12. The van der Waals surface area contributed by atoms with Crippen molar-refractivity contribution in [1.29, 1.82) is 0 Å². The average Bonchev–Trinajstić information content (AvgIpc) is 2.37. The van der Waals surface area contributed by atoms with E-state index in [1.807, 2.05) is 38.1 Å². The molecule has 0 amide bonds. The molecule has 2 rings (SSSR count). The van der Waals surface area contributed by atoms with Crippen LogP contribution in [0.4, 0.5) is 0 Å². The fraction of sp³-hybridized carbons (Fsp3) is 0.250. The first-order chi connectivity index (χ1) is 9.45. The van der Waals surface area contributed by atoms with Gasteiger partial charge in [0.1, 0.15) is 11.5 Å². The van der Waals surface area contributed by atoms with Gasteiger partial charge in [0, 0.05) is 23.2 Å². The summed E-state index contributed by atoms with van der Waals surface area (Å²) in [7, 11) is 0. The van der Waals surface area contributed by atoms with Crippen molar-refractivity contribution in [2.75, 3.05) is 0 Å². The van der Waals surface area contributed by atoms with E-state index >= 15 is 0 Å². The van der Waals surface area contributed by atoms with Crippen molar-refractivity contribution in [2.24, 2.45) is 0 Å². The van der Waals surface area contributed by atoms with Crippen molar-refractivity contribution >= 4 is 11.6 Å². The van der Waals surface area contributed by atoms with Crippen LogP contribution in [0.2, 0.25) is 5.02 Å². The lowest BCUT2D eigenvalue weighted by Crippen LogP contribution is -2.22. The molecule has 106 valence electrons. The van der Waals surface area contributed by atoms with E-state index in [-0.39, 0.29) is 23.6 Å². The molecule has 4 heteroatoms. The van der Waals surface area contributed by atoms with E-state index in [2.05, 4.69) is 5.32 Å². The van der Waals surface area contributed by atoms with E-state index in [0.717, 1.165) is 11.1 Å². The molecule has 2 atom stereocenters. The SMILES string of the molecule is CC(NC(C)c1cccc(Cl)c1)c1cc(O)cc(O)c1. The molecule has 0 bridgehead atoms. The molecule has 0 heterocycles. The molecule has 2 aromatic rings. The second-order valence-electron chi connectivity index (χ2n) is 4.95. The average molecular weight is 292 g/mol. The lowest BCUT2D eigenvalue weighted by atomic mass is 10.0. The van der Waals surface area contributed by atoms with Crippen LogP contribution in [-0.2, 0) is 0 Å². The molecule has 3 N–H and O–H groups in total. The summed E-state index contributed by atoms with van der Waals surface area (Å²) in [6, 6.07) is 12.4. The lowest BCUT2D eigenvalue weighted by molar-refractivity contribution is 0.442. The normalized spacial score (nSPS) is 13.9. The zero-order valence-corrected chi connectivity index (χ0v) is 12.2. The van der Waals surface area contributed by atoms with E-state index in [0.29, 0.717) is 5.02 Å². The summed E-state index contributed by atoms with van der Waals surface area (Å²) < 4.78 is 0. The topological polar surface area (TPSA) is 52.5 Å². The Morgan fingerprint density at radius 2 is 1.50 bits per heavy atom. The standard InChI is InChI=1S/C16H18ClNO2/c1-10(12-4-3-5-14(17)6-12)18-11(2)13-7-15(19)9-16(20)8-13/h3-11,18-20H,1-2H3. The van der Waals surface area contributed by atoms with Gasteiger partial charge in [-0.05, 0) is 49.2 Å². The third-order valence-electron chi connectivity index (χ3n) is 3.27. The first-order valence-electron chi connectivity index (χ1n) is 6.50. The van der Waals surface area contributed by atoms with Crippen LogP contribution in [-0.4, -0.2) is 10.2 Å². The molecule has 0 spiro atoms. The van der Waals surface area contributed by atoms with E-state index in [1.165, 1.54) is 6.07 Å². The van der Waals surface area contributed by atoms with Gasteiger partial charge in [0.2, 0.25) is 0 Å². The highest BCUT2D eigenvalue weighted by Crippen LogP contribution is 2.27. The lowest BCUT2D eigenvalue weighted by Gasteiger charge is -2.21. The molecular weight excluding hydrogens is 274 g/mol. The largest absolute Gasteiger partial charge is 0.508 e. The van der Waals surface area contributed by atoms with Gasteiger partial charge in [-0.1, -0.05) is 23.7 Å². The number of nitrogens with one attached hydrogen (secondary N) is 1. The van der Waals surface area contributed by atoms with Gasteiger partial charge in [-0.25, -0.2) is 0 Å². The summed E-state index contributed by atoms with van der Waals surface area (Å²) in [6.07, 6.45) is 0. The van der Waals surface area contributed by atoms with E-state index < -0.39 is 0 Å². The number of aromatic hydroxyl groups is 2. The van der Waals surface area contributed by atoms with Crippen LogP contribution in [0.3, 0.4) is 0 Å². The molecule has 0 aromatic heterocycles. The Morgan fingerprint density at radius 1 is 0.900 bits per heavy atom. The third kappa shape index (κ3) is 3.65. The smallest absolute Gasteiger partial charge is 0.119 e. The maximum Gasteiger partial charge on any atom is 0.119 e. The fourth-order valence-corrected chi connectivity index (χ4v) is 2.41. The van der Waals surface area contributed by atoms with Gasteiger partial charge in [0.15, 0.2) is 0 Å². The minimum Gasteiger partial charge on any atom is -0.508 e. The minimum absolute atomic E-state index is 0.0121. The Morgan fingerprint density at radius 3 is 2.10 bits per heavy atom. The molecule has 0 aliphatic carbocycles. The van der Waals surface area contributed by atoms with Gasteiger partial charge in [0.05, 0.1) is 0 Å². The van der Waals surface area contributed by atoms with Gasteiger partial charge in [-0.2, -0.15) is 0 Å². The number of hydrogen-bond donors (Lipinski definition) is 3. The van der Waals surface area contributed by atoms with Gasteiger partial charge in [-0.3, -0.25) is 0 Å². The highest BCUT2D eigenvalue weighted by atomic mass is 35.5. The van der Waals surface area contributed by atoms with Crippen LogP contribution in [0.15, 0.2) is 42.5 Å². The van der Waals surface area contributed by atoms with Crippen LogP contribution < -0.4 is 5.32 Å². The van der Waals surface area contributed by atoms with Gasteiger partial charge < -0.3 is 15.5 Å². The molecule has 0 fully saturated rings. The van der Waals surface area contributed by atoms with Gasteiger partial charge in [0.25, 0.3) is 0 Å². The van der Waals surface area contributed by atoms with E-state index in [4.69, 9.17) is 11.6 Å². The molecule has 2 aromatic carbocycles. The number of phenolic OH excluding ortho intramolecular Hbond substituents is 2. The van der Waals surface area contributed by atoms with Crippen molar-refractivity contribution < 1.29 is 10.2 Å². The predicted octanol–water partition coefficient (Wildman–Crippen LogP) is 4.16. The Labute approximate surface area is 123 Å². The summed E-state index contributed by atoms with van der Waals surface area (Å²) in [4.78, 5) is 0. The maximum atomic E-state index is 9.53. The first kappa shape index (κ1) is 14.7. The number of hydrogen-bond acceptors (Lipinski definition) is 3. The fourth-order valence-electron chi connectivity index (χ4n) is 2.21. The summed E-state index contributed by atoms with van der Waals surface area (Å²) in [6.45, 7) is 4.03. The number of halogens is 1. The summed E-state index contributed by atoms with van der Waals surface area (Å²) in [5, 5.41) is 23.2. The first-order valence-corrected chi connectivity index (χ1v) is 6.88. The summed E-state index contributed by atoms with van der Waals surface area (Å²) >= 11 is 5.99. The summed E-state index contributed by atoms with van der Waals surface area (Å²) in [5.41, 5.74) is 1.92. The van der Waals surface area contributed by atoms with Gasteiger partial charge in [-0.15, -0.1) is 0 Å². The van der Waals surface area contributed by atoms with Crippen LogP contribution >= 0.6 is 11.6 Å². The number of phenols is 2. The minimum atomic E-state index is -0.0121. The molecular formula is C16H18ClNO2. The van der Waals surface area contributed by atoms with Crippen molar-refractivity contribution in [2.45, 2.75) is 25.9 Å². The zero-order chi connectivity index (χ0) is 14.7. The molecule has 3 nitrogen and oxygen atoms in total. The quantitative estimate of drug-likeness (QED) is 0.793. The molecule has 0 saturated heterocycles. The van der Waals surface area contributed by atoms with Crippen molar-refractivity contribution in [3.05, 3.63) is 58.6 Å². The zero-order valence-electron chi connectivity index (χ0n) is 11.5. The Kier molecular flexibility index (Phi) is 4.53.